The summed E-state index contributed by atoms with van der Waals surface area (Å²) in [5.74, 6) is -1.87. The third kappa shape index (κ3) is 5.22. The first kappa shape index (κ1) is 21.5. The van der Waals surface area contributed by atoms with Crippen LogP contribution in [0.1, 0.15) is 20.7 Å². The summed E-state index contributed by atoms with van der Waals surface area (Å²) in [4.78, 5) is 33.6. The van der Waals surface area contributed by atoms with E-state index in [4.69, 9.17) is 5.11 Å². The maximum absolute atomic E-state index is 12.7. The van der Waals surface area contributed by atoms with E-state index >= 15 is 0 Å². The van der Waals surface area contributed by atoms with E-state index in [1.165, 1.54) is 66.7 Å². The summed E-state index contributed by atoms with van der Waals surface area (Å²) in [7, 11) is -4.11. The second kappa shape index (κ2) is 8.63. The maximum atomic E-state index is 12.7. The summed E-state index contributed by atoms with van der Waals surface area (Å²) in [5, 5.41) is 22.4. The molecule has 0 atom stereocenters. The molecule has 0 saturated carbocycles. The molecule has 10 nitrogen and oxygen atoms in total. The zero-order chi connectivity index (χ0) is 22.6. The summed E-state index contributed by atoms with van der Waals surface area (Å²) < 4.78 is 27.6. The fourth-order valence-electron chi connectivity index (χ4n) is 2.63. The summed E-state index contributed by atoms with van der Waals surface area (Å²) in [6.45, 7) is 0. The Bertz CT molecular complexity index is 1290. The minimum atomic E-state index is -4.11. The Morgan fingerprint density at radius 2 is 1.52 bits per heavy atom. The van der Waals surface area contributed by atoms with Gasteiger partial charge in [0.15, 0.2) is 0 Å². The Hall–Kier alpha value is -4.25. The van der Waals surface area contributed by atoms with Gasteiger partial charge in [-0.05, 0) is 42.5 Å². The highest BCUT2D eigenvalue weighted by atomic mass is 32.2. The summed E-state index contributed by atoms with van der Waals surface area (Å²) in [6.07, 6.45) is 0. The molecule has 0 aromatic heterocycles. The maximum Gasteiger partial charge on any atom is 0.335 e. The molecule has 0 spiro atoms. The third-order valence-corrected chi connectivity index (χ3v) is 5.46. The number of hydrogen-bond acceptors (Lipinski definition) is 6. The van der Waals surface area contributed by atoms with Gasteiger partial charge in [0.25, 0.3) is 21.6 Å². The Labute approximate surface area is 176 Å². The van der Waals surface area contributed by atoms with Gasteiger partial charge in [0, 0.05) is 29.1 Å². The number of amides is 1. The number of nitrogens with one attached hydrogen (secondary N) is 2. The number of rotatable bonds is 7. The van der Waals surface area contributed by atoms with Crippen LogP contribution in [0.25, 0.3) is 0 Å². The van der Waals surface area contributed by atoms with E-state index in [1.807, 2.05) is 0 Å². The van der Waals surface area contributed by atoms with Gasteiger partial charge in [-0.25, -0.2) is 13.2 Å². The molecule has 0 radical (unpaired) electrons. The van der Waals surface area contributed by atoms with Crippen molar-refractivity contribution in [2.24, 2.45) is 0 Å². The smallest absolute Gasteiger partial charge is 0.335 e. The first-order chi connectivity index (χ1) is 14.7. The van der Waals surface area contributed by atoms with Crippen LogP contribution in [-0.4, -0.2) is 30.3 Å². The number of aromatic carboxylic acids is 1. The number of non-ortho nitro benzene ring substituents is 1. The molecule has 0 aliphatic heterocycles. The number of carboxylic acid groups (broad SMARTS) is 1. The molecular formula is C20H15N3O7S. The molecule has 11 heteroatoms. The summed E-state index contributed by atoms with van der Waals surface area (Å²) >= 11 is 0. The van der Waals surface area contributed by atoms with Gasteiger partial charge in [0.2, 0.25) is 0 Å². The lowest BCUT2D eigenvalue weighted by Gasteiger charge is -2.10. The van der Waals surface area contributed by atoms with Crippen LogP contribution in [0.2, 0.25) is 0 Å². The molecule has 3 N–H and O–H groups in total. The number of hydrogen-bond donors (Lipinski definition) is 3. The average Bonchev–Trinajstić information content (AvgIpc) is 2.74. The molecule has 0 fully saturated rings. The van der Waals surface area contributed by atoms with Crippen molar-refractivity contribution in [1.29, 1.82) is 0 Å². The average molecular weight is 441 g/mol. The lowest BCUT2D eigenvalue weighted by Crippen LogP contribution is -2.16. The number of carbonyl (C=O) groups is 2. The first-order valence-corrected chi connectivity index (χ1v) is 10.2. The number of nitrogens with zero attached hydrogens (tertiary/aromatic N) is 1. The molecule has 0 unspecified atom stereocenters. The van der Waals surface area contributed by atoms with E-state index in [1.54, 1.807) is 0 Å². The molecule has 3 rings (SSSR count). The Kier molecular flexibility index (Phi) is 5.97. The minimum Gasteiger partial charge on any atom is -0.478 e. The molecule has 3 aromatic rings. The highest BCUT2D eigenvalue weighted by Crippen LogP contribution is 2.21. The number of carbonyl (C=O) groups excluding carboxylic acids is 1. The van der Waals surface area contributed by atoms with Crippen molar-refractivity contribution >= 4 is 39.0 Å². The van der Waals surface area contributed by atoms with E-state index in [0.717, 1.165) is 6.07 Å². The molecule has 0 saturated heterocycles. The van der Waals surface area contributed by atoms with Gasteiger partial charge in [-0.15, -0.1) is 0 Å². The van der Waals surface area contributed by atoms with Gasteiger partial charge >= 0.3 is 5.97 Å². The quantitative estimate of drug-likeness (QED) is 0.375. The molecule has 158 valence electrons. The second-order valence-corrected chi connectivity index (χ2v) is 7.96. The first-order valence-electron chi connectivity index (χ1n) is 8.68. The minimum absolute atomic E-state index is 0.00803. The number of nitro benzene ring substituents is 1. The zero-order valence-electron chi connectivity index (χ0n) is 15.7. The van der Waals surface area contributed by atoms with Crippen LogP contribution in [0.3, 0.4) is 0 Å². The van der Waals surface area contributed by atoms with Crippen molar-refractivity contribution in [3.63, 3.8) is 0 Å². The fourth-order valence-corrected chi connectivity index (χ4v) is 3.73. The van der Waals surface area contributed by atoms with Crippen LogP contribution in [0.15, 0.2) is 77.7 Å². The summed E-state index contributed by atoms with van der Waals surface area (Å²) in [6, 6.07) is 15.7. The molecule has 31 heavy (non-hydrogen) atoms. The van der Waals surface area contributed by atoms with Crippen LogP contribution in [-0.2, 0) is 10.0 Å². The lowest BCUT2D eigenvalue weighted by molar-refractivity contribution is -0.384. The van der Waals surface area contributed by atoms with Crippen molar-refractivity contribution in [1.82, 2.24) is 0 Å². The number of sulfonamides is 1. The monoisotopic (exact) mass is 441 g/mol. The highest BCUT2D eigenvalue weighted by Gasteiger charge is 2.18. The Morgan fingerprint density at radius 1 is 0.871 bits per heavy atom. The van der Waals surface area contributed by atoms with E-state index in [2.05, 4.69) is 10.0 Å². The van der Waals surface area contributed by atoms with Gasteiger partial charge < -0.3 is 10.4 Å². The standard InChI is InChI=1S/C20H15N3O7S/c24-19(21-15-6-3-8-17(12-15)23(27)28)13-4-2-9-18(11-13)31(29,30)22-16-7-1-5-14(10-16)20(25)26/h1-12,22H,(H,21,24)(H,25,26). The van der Waals surface area contributed by atoms with E-state index in [9.17, 15) is 28.1 Å². The van der Waals surface area contributed by atoms with Gasteiger partial charge in [0.05, 0.1) is 15.4 Å². The number of benzene rings is 3. The predicted molar refractivity (Wildman–Crippen MR) is 112 cm³/mol. The molecule has 0 heterocycles. The van der Waals surface area contributed by atoms with Crippen molar-refractivity contribution < 1.29 is 28.0 Å². The Morgan fingerprint density at radius 3 is 2.23 bits per heavy atom. The predicted octanol–water partition coefficient (Wildman–Crippen LogP) is 3.35. The van der Waals surface area contributed by atoms with E-state index < -0.39 is 26.8 Å². The van der Waals surface area contributed by atoms with Gasteiger partial charge in [-0.3, -0.25) is 19.6 Å². The molecule has 3 aromatic carbocycles. The molecule has 0 bridgehead atoms. The lowest BCUT2D eigenvalue weighted by atomic mass is 10.2. The molecular weight excluding hydrogens is 426 g/mol. The van der Waals surface area contributed by atoms with Gasteiger partial charge in [-0.2, -0.15) is 0 Å². The Balaban J connectivity index is 1.82. The summed E-state index contributed by atoms with van der Waals surface area (Å²) in [5.41, 5.74) is -0.0664. The SMILES string of the molecule is O=C(O)c1cccc(NS(=O)(=O)c2cccc(C(=O)Nc3cccc([N+](=O)[O-])c3)c2)c1. The molecule has 0 aliphatic rings. The topological polar surface area (TPSA) is 156 Å². The number of carboxylic acids is 1. The molecule has 0 aliphatic carbocycles. The second-order valence-electron chi connectivity index (χ2n) is 6.28. The van der Waals surface area contributed by atoms with Gasteiger partial charge in [-0.1, -0.05) is 18.2 Å². The van der Waals surface area contributed by atoms with Crippen LogP contribution >= 0.6 is 0 Å². The van der Waals surface area contributed by atoms with Crippen LogP contribution < -0.4 is 10.0 Å². The number of nitro groups is 1. The van der Waals surface area contributed by atoms with Crippen molar-refractivity contribution in [3.05, 3.63) is 94.0 Å². The zero-order valence-corrected chi connectivity index (χ0v) is 16.5. The largest absolute Gasteiger partial charge is 0.478 e. The van der Waals surface area contributed by atoms with Crippen LogP contribution in [0, 0.1) is 10.1 Å². The van der Waals surface area contributed by atoms with Crippen LogP contribution in [0.4, 0.5) is 17.1 Å². The number of anilines is 2. The van der Waals surface area contributed by atoms with Crippen molar-refractivity contribution in [3.8, 4) is 0 Å². The van der Waals surface area contributed by atoms with Crippen LogP contribution in [0.5, 0.6) is 0 Å². The van der Waals surface area contributed by atoms with Crippen molar-refractivity contribution in [2.75, 3.05) is 10.0 Å². The third-order valence-electron chi connectivity index (χ3n) is 4.08. The fraction of sp³-hybridized carbons (Fsp3) is 0. The van der Waals surface area contributed by atoms with E-state index in [0.29, 0.717) is 0 Å². The van der Waals surface area contributed by atoms with Crippen molar-refractivity contribution in [2.45, 2.75) is 4.90 Å². The van der Waals surface area contributed by atoms with Gasteiger partial charge in [0.1, 0.15) is 0 Å². The molecule has 1 amide bonds. The van der Waals surface area contributed by atoms with E-state index in [-0.39, 0.29) is 33.1 Å². The highest BCUT2D eigenvalue weighted by molar-refractivity contribution is 7.92. The normalized spacial score (nSPS) is 10.8.